The van der Waals surface area contributed by atoms with Crippen molar-refractivity contribution in [1.29, 1.82) is 0 Å². The first kappa shape index (κ1) is 20.9. The van der Waals surface area contributed by atoms with Crippen LogP contribution in [0.2, 0.25) is 0 Å². The van der Waals surface area contributed by atoms with E-state index in [1.54, 1.807) is 29.8 Å². The molecule has 0 saturated carbocycles. The number of piperazine rings is 1. The van der Waals surface area contributed by atoms with Crippen molar-refractivity contribution in [2.75, 3.05) is 53.0 Å². The Kier molecular flexibility index (Phi) is 7.96. The summed E-state index contributed by atoms with van der Waals surface area (Å²) >= 11 is 3.22. The van der Waals surface area contributed by atoms with Crippen molar-refractivity contribution in [1.82, 2.24) is 20.1 Å². The van der Waals surface area contributed by atoms with E-state index in [2.05, 4.69) is 20.6 Å². The van der Waals surface area contributed by atoms with E-state index >= 15 is 0 Å². The molecule has 0 radical (unpaired) electrons. The van der Waals surface area contributed by atoms with E-state index in [0.29, 0.717) is 52.3 Å². The van der Waals surface area contributed by atoms with Gasteiger partial charge < -0.3 is 15.0 Å². The second-order valence-corrected chi connectivity index (χ2v) is 8.32. The van der Waals surface area contributed by atoms with Crippen LogP contribution in [0.25, 0.3) is 10.6 Å². The maximum absolute atomic E-state index is 12.6. The van der Waals surface area contributed by atoms with Crippen molar-refractivity contribution in [3.8, 4) is 10.6 Å². The smallest absolute Gasteiger partial charge is 0.234 e. The number of hydrogen-bond acceptors (Lipinski definition) is 7. The molecule has 9 heteroatoms. The van der Waals surface area contributed by atoms with Crippen LogP contribution < -0.4 is 5.32 Å². The Labute approximate surface area is 173 Å². The van der Waals surface area contributed by atoms with Crippen LogP contribution in [-0.2, 0) is 20.7 Å². The average molecular weight is 423 g/mol. The second kappa shape index (κ2) is 10.7. The maximum atomic E-state index is 12.6. The molecule has 7 nitrogen and oxygen atoms in total. The second-order valence-electron chi connectivity index (χ2n) is 6.69. The molecule has 0 unspecified atom stereocenters. The summed E-state index contributed by atoms with van der Waals surface area (Å²) in [6.45, 7) is 4.39. The van der Waals surface area contributed by atoms with Gasteiger partial charge in [-0.1, -0.05) is 0 Å². The molecule has 0 bridgehead atoms. The van der Waals surface area contributed by atoms with E-state index in [0.717, 1.165) is 22.7 Å². The highest BCUT2D eigenvalue weighted by atomic mass is 32.1. The zero-order chi connectivity index (χ0) is 19.8. The first-order valence-electron chi connectivity index (χ1n) is 9.38. The SMILES string of the molecule is COCCCNC(=O)CN1CCN(C(=O)Cc2csc(-c3ccsc3)n2)CC1. The number of thiazole rings is 1. The highest BCUT2D eigenvalue weighted by molar-refractivity contribution is 7.14. The minimum absolute atomic E-state index is 0.0271. The Morgan fingerprint density at radius 2 is 2.07 bits per heavy atom. The fraction of sp³-hybridized carbons (Fsp3) is 0.526. The van der Waals surface area contributed by atoms with Gasteiger partial charge in [0.15, 0.2) is 0 Å². The van der Waals surface area contributed by atoms with E-state index in [-0.39, 0.29) is 11.8 Å². The van der Waals surface area contributed by atoms with Crippen LogP contribution >= 0.6 is 22.7 Å². The van der Waals surface area contributed by atoms with Gasteiger partial charge in [-0.2, -0.15) is 11.3 Å². The maximum Gasteiger partial charge on any atom is 0.234 e. The van der Waals surface area contributed by atoms with Crippen molar-refractivity contribution < 1.29 is 14.3 Å². The molecule has 2 aromatic heterocycles. The van der Waals surface area contributed by atoms with E-state index in [1.807, 2.05) is 21.7 Å². The van der Waals surface area contributed by atoms with Gasteiger partial charge in [-0.05, 0) is 17.9 Å². The van der Waals surface area contributed by atoms with Gasteiger partial charge in [0.25, 0.3) is 0 Å². The van der Waals surface area contributed by atoms with Gasteiger partial charge in [-0.25, -0.2) is 4.98 Å². The number of nitrogens with zero attached hydrogens (tertiary/aromatic N) is 3. The van der Waals surface area contributed by atoms with Crippen LogP contribution in [0.15, 0.2) is 22.2 Å². The highest BCUT2D eigenvalue weighted by Gasteiger charge is 2.23. The molecule has 0 aliphatic carbocycles. The number of thiophene rings is 1. The van der Waals surface area contributed by atoms with E-state index in [4.69, 9.17) is 4.74 Å². The Morgan fingerprint density at radius 1 is 1.25 bits per heavy atom. The molecule has 3 heterocycles. The number of rotatable bonds is 9. The van der Waals surface area contributed by atoms with Crippen molar-refractivity contribution in [3.63, 3.8) is 0 Å². The molecule has 1 aliphatic rings. The Bertz CT molecular complexity index is 755. The number of methoxy groups -OCH3 is 1. The molecule has 2 amide bonds. The molecule has 0 atom stereocenters. The van der Waals surface area contributed by atoms with Gasteiger partial charge in [0.1, 0.15) is 5.01 Å². The third-order valence-electron chi connectivity index (χ3n) is 4.59. The number of ether oxygens (including phenoxy) is 1. The lowest BCUT2D eigenvalue weighted by atomic mass is 10.2. The molecular weight excluding hydrogens is 396 g/mol. The predicted molar refractivity (Wildman–Crippen MR) is 112 cm³/mol. The Morgan fingerprint density at radius 3 is 2.79 bits per heavy atom. The first-order valence-corrected chi connectivity index (χ1v) is 11.2. The van der Waals surface area contributed by atoms with Crippen LogP contribution in [0.4, 0.5) is 0 Å². The van der Waals surface area contributed by atoms with Crippen molar-refractivity contribution in [2.24, 2.45) is 0 Å². The molecule has 0 aromatic carbocycles. The van der Waals surface area contributed by atoms with Gasteiger partial charge in [-0.15, -0.1) is 11.3 Å². The first-order chi connectivity index (χ1) is 13.7. The monoisotopic (exact) mass is 422 g/mol. The summed E-state index contributed by atoms with van der Waals surface area (Å²) in [4.78, 5) is 33.1. The minimum Gasteiger partial charge on any atom is -0.385 e. The molecule has 0 spiro atoms. The third kappa shape index (κ3) is 6.10. The summed E-state index contributed by atoms with van der Waals surface area (Å²) in [6.07, 6.45) is 1.15. The van der Waals surface area contributed by atoms with Crippen LogP contribution in [-0.4, -0.2) is 79.6 Å². The third-order valence-corrected chi connectivity index (χ3v) is 6.22. The van der Waals surface area contributed by atoms with Gasteiger partial charge >= 0.3 is 0 Å². The molecule has 3 rings (SSSR count). The standard InChI is InChI=1S/C19H26N4O3S2/c1-26-9-2-4-20-17(24)12-22-5-7-23(8-6-22)18(25)11-16-14-28-19(21-16)15-3-10-27-13-15/h3,10,13-14H,2,4-9,11-12H2,1H3,(H,20,24). The number of hydrogen-bond donors (Lipinski definition) is 1. The van der Waals surface area contributed by atoms with Crippen LogP contribution in [0.5, 0.6) is 0 Å². The molecule has 152 valence electrons. The number of carbonyl (C=O) groups excluding carboxylic acids is 2. The van der Waals surface area contributed by atoms with Crippen molar-refractivity contribution in [3.05, 3.63) is 27.9 Å². The van der Waals surface area contributed by atoms with E-state index < -0.39 is 0 Å². The topological polar surface area (TPSA) is 74.8 Å². The number of amides is 2. The van der Waals surface area contributed by atoms with Gasteiger partial charge in [0.05, 0.1) is 18.7 Å². The summed E-state index contributed by atoms with van der Waals surface area (Å²) in [5, 5.41) is 9.92. The number of nitrogens with one attached hydrogen (secondary N) is 1. The summed E-state index contributed by atoms with van der Waals surface area (Å²) in [5.74, 6) is 0.130. The van der Waals surface area contributed by atoms with Crippen molar-refractivity contribution in [2.45, 2.75) is 12.8 Å². The lowest BCUT2D eigenvalue weighted by molar-refractivity contribution is -0.132. The summed E-state index contributed by atoms with van der Waals surface area (Å²) in [6, 6.07) is 2.04. The highest BCUT2D eigenvalue weighted by Crippen LogP contribution is 2.26. The van der Waals surface area contributed by atoms with Gasteiger partial charge in [0.2, 0.25) is 11.8 Å². The summed E-state index contributed by atoms with van der Waals surface area (Å²) in [5.41, 5.74) is 1.94. The molecule has 28 heavy (non-hydrogen) atoms. The fourth-order valence-electron chi connectivity index (χ4n) is 3.03. The lowest BCUT2D eigenvalue weighted by Crippen LogP contribution is -2.51. The number of carbonyl (C=O) groups is 2. The Balaban J connectivity index is 1.38. The van der Waals surface area contributed by atoms with E-state index in [9.17, 15) is 9.59 Å². The van der Waals surface area contributed by atoms with Crippen LogP contribution in [0.3, 0.4) is 0 Å². The summed E-state index contributed by atoms with van der Waals surface area (Å²) < 4.78 is 4.97. The summed E-state index contributed by atoms with van der Waals surface area (Å²) in [7, 11) is 1.65. The van der Waals surface area contributed by atoms with Crippen molar-refractivity contribution >= 4 is 34.5 Å². The molecular formula is C19H26N4O3S2. The van der Waals surface area contributed by atoms with Gasteiger partial charge in [-0.3, -0.25) is 14.5 Å². The fourth-order valence-corrected chi connectivity index (χ4v) is 4.56. The quantitative estimate of drug-likeness (QED) is 0.623. The molecule has 2 aromatic rings. The largest absolute Gasteiger partial charge is 0.385 e. The van der Waals surface area contributed by atoms with Gasteiger partial charge in [0, 0.05) is 62.8 Å². The predicted octanol–water partition coefficient (Wildman–Crippen LogP) is 1.71. The molecule has 1 fully saturated rings. The van der Waals surface area contributed by atoms with Crippen LogP contribution in [0.1, 0.15) is 12.1 Å². The molecule has 1 N–H and O–H groups in total. The number of aromatic nitrogens is 1. The normalized spacial score (nSPS) is 15.0. The Hall–Kier alpha value is -1.81. The average Bonchev–Trinajstić information content (AvgIpc) is 3.37. The zero-order valence-corrected chi connectivity index (χ0v) is 17.7. The van der Waals surface area contributed by atoms with Crippen LogP contribution in [0, 0.1) is 0 Å². The zero-order valence-electron chi connectivity index (χ0n) is 16.1. The lowest BCUT2D eigenvalue weighted by Gasteiger charge is -2.34. The molecule has 1 aliphatic heterocycles. The minimum atomic E-state index is 0.0271. The van der Waals surface area contributed by atoms with E-state index in [1.165, 1.54) is 0 Å². The molecule has 1 saturated heterocycles.